The first-order valence-electron chi connectivity index (χ1n) is 10.3. The van der Waals surface area contributed by atoms with Crippen LogP contribution in [-0.4, -0.2) is 55.8 Å². The number of rotatable bonds is 4. The Bertz CT molecular complexity index is 1390. The van der Waals surface area contributed by atoms with Crippen LogP contribution in [0.5, 0.6) is 0 Å². The quantitative estimate of drug-likeness (QED) is 0.630. The molecule has 0 saturated heterocycles. The van der Waals surface area contributed by atoms with E-state index >= 15 is 0 Å². The van der Waals surface area contributed by atoms with Crippen LogP contribution in [0, 0.1) is 5.92 Å². The number of nitrogens with one attached hydrogen (secondary N) is 1. The number of carbonyl (C=O) groups excluding carboxylic acids is 1. The van der Waals surface area contributed by atoms with E-state index in [0.29, 0.717) is 24.5 Å². The number of hydrogen-bond acceptors (Lipinski definition) is 8. The minimum atomic E-state index is -3.46. The number of nitrogens with zero attached hydrogens (tertiary/aromatic N) is 4. The Morgan fingerprint density at radius 1 is 1.25 bits per heavy atom. The van der Waals surface area contributed by atoms with Crippen LogP contribution in [0.25, 0.3) is 10.2 Å². The molecule has 0 unspecified atom stereocenters. The van der Waals surface area contributed by atoms with Crippen LogP contribution in [0.1, 0.15) is 28.0 Å². The zero-order valence-corrected chi connectivity index (χ0v) is 19.7. The lowest BCUT2D eigenvalue weighted by Gasteiger charge is -2.24. The molecule has 0 bridgehead atoms. The predicted octanol–water partition coefficient (Wildman–Crippen LogP) is 2.96. The molecule has 0 saturated carbocycles. The number of sulfone groups is 1. The Kier molecular flexibility index (Phi) is 5.01. The molecule has 166 valence electrons. The Hall–Kier alpha value is -2.85. The number of anilines is 2. The van der Waals surface area contributed by atoms with E-state index in [1.807, 2.05) is 6.07 Å². The maximum atomic E-state index is 12.5. The predicted molar refractivity (Wildman–Crippen MR) is 126 cm³/mol. The summed E-state index contributed by atoms with van der Waals surface area (Å²) >= 11 is 1.59. The summed E-state index contributed by atoms with van der Waals surface area (Å²) in [5.41, 5.74) is 3.44. The van der Waals surface area contributed by atoms with Gasteiger partial charge in [-0.3, -0.25) is 9.79 Å². The Morgan fingerprint density at radius 2 is 2.06 bits per heavy atom. The van der Waals surface area contributed by atoms with E-state index in [9.17, 15) is 13.2 Å². The van der Waals surface area contributed by atoms with Gasteiger partial charge in [0.05, 0.1) is 22.5 Å². The highest BCUT2D eigenvalue weighted by atomic mass is 32.2. The fraction of sp³-hybridized carbons (Fsp3) is 0.364. The van der Waals surface area contributed by atoms with Crippen LogP contribution in [0.15, 0.2) is 28.3 Å². The molecule has 5 rings (SSSR count). The summed E-state index contributed by atoms with van der Waals surface area (Å²) in [6.45, 7) is 0.487. The summed E-state index contributed by atoms with van der Waals surface area (Å²) in [6, 6.07) is 3.51. The molecule has 3 aromatic rings. The fourth-order valence-electron chi connectivity index (χ4n) is 4.45. The van der Waals surface area contributed by atoms with Crippen molar-refractivity contribution in [3.63, 3.8) is 0 Å². The largest absolute Gasteiger partial charge is 0.349 e. The van der Waals surface area contributed by atoms with Gasteiger partial charge in [-0.15, -0.1) is 11.3 Å². The smallest absolute Gasteiger partial charge is 0.225 e. The van der Waals surface area contributed by atoms with Crippen LogP contribution in [0.3, 0.4) is 0 Å². The van der Waals surface area contributed by atoms with Gasteiger partial charge in [-0.05, 0) is 48.1 Å². The number of carbonyl (C=O) groups is 1. The normalized spacial score (nSPS) is 17.3. The molecule has 10 heteroatoms. The standard InChI is InChI=1S/C22H23N5O3S2/c1-27(2)22(28)12-4-5-15-17(7-12)31-21-19(15)20(24-11-25-21)26-16-6-13-9-23-10-14(13)8-18(16)32(3,29)30/h6,8-9,11-12H,4-5,7,10H2,1-3H3,(H,24,25,26)/t12-/m0/s1. The Labute approximate surface area is 190 Å². The molecule has 1 aliphatic carbocycles. The molecule has 8 nitrogen and oxygen atoms in total. The van der Waals surface area contributed by atoms with Gasteiger partial charge in [-0.2, -0.15) is 0 Å². The van der Waals surface area contributed by atoms with E-state index in [4.69, 9.17) is 0 Å². The van der Waals surface area contributed by atoms with Crippen LogP contribution in [0.4, 0.5) is 11.5 Å². The van der Waals surface area contributed by atoms with E-state index in [0.717, 1.165) is 44.6 Å². The molecule has 2 aliphatic rings. The second-order valence-electron chi connectivity index (χ2n) is 8.49. The van der Waals surface area contributed by atoms with Crippen LogP contribution in [-0.2, 0) is 34.0 Å². The molecule has 0 radical (unpaired) electrons. The van der Waals surface area contributed by atoms with Gasteiger partial charge in [-0.25, -0.2) is 18.4 Å². The third-order valence-electron chi connectivity index (χ3n) is 6.02. The number of benzene rings is 1. The van der Waals surface area contributed by atoms with E-state index in [1.165, 1.54) is 12.6 Å². The molecule has 2 aromatic heterocycles. The first-order valence-corrected chi connectivity index (χ1v) is 13.0. The fourth-order valence-corrected chi connectivity index (χ4v) is 6.58. The molecular formula is C22H23N5O3S2. The van der Waals surface area contributed by atoms with Crippen molar-refractivity contribution in [2.75, 3.05) is 25.7 Å². The van der Waals surface area contributed by atoms with Crippen molar-refractivity contribution in [3.05, 3.63) is 40.0 Å². The molecule has 1 aliphatic heterocycles. The third-order valence-corrected chi connectivity index (χ3v) is 8.32. The van der Waals surface area contributed by atoms with Crippen LogP contribution in [0.2, 0.25) is 0 Å². The second kappa shape index (κ2) is 7.63. The van der Waals surface area contributed by atoms with Crippen molar-refractivity contribution < 1.29 is 13.2 Å². The van der Waals surface area contributed by atoms with E-state index in [2.05, 4.69) is 20.3 Å². The van der Waals surface area contributed by atoms with Gasteiger partial charge >= 0.3 is 0 Å². The number of aryl methyl sites for hydroxylation is 1. The lowest BCUT2D eigenvalue weighted by Crippen LogP contribution is -2.32. The third kappa shape index (κ3) is 3.57. The molecule has 1 N–H and O–H groups in total. The zero-order valence-electron chi connectivity index (χ0n) is 18.0. The van der Waals surface area contributed by atoms with Gasteiger partial charge in [0.1, 0.15) is 17.0 Å². The highest BCUT2D eigenvalue weighted by Gasteiger charge is 2.30. The minimum Gasteiger partial charge on any atom is -0.349 e. The average molecular weight is 470 g/mol. The number of amides is 1. The van der Waals surface area contributed by atoms with E-state index < -0.39 is 9.84 Å². The number of aromatic nitrogens is 2. The van der Waals surface area contributed by atoms with E-state index in [1.54, 1.807) is 42.6 Å². The number of thiophene rings is 1. The Morgan fingerprint density at radius 3 is 2.81 bits per heavy atom. The van der Waals surface area contributed by atoms with Crippen molar-refractivity contribution in [2.24, 2.45) is 10.9 Å². The minimum absolute atomic E-state index is 0.0252. The lowest BCUT2D eigenvalue weighted by molar-refractivity contribution is -0.133. The summed E-state index contributed by atoms with van der Waals surface area (Å²) in [7, 11) is 0.119. The molecule has 0 spiro atoms. The molecular weight excluding hydrogens is 446 g/mol. The van der Waals surface area contributed by atoms with Crippen molar-refractivity contribution in [2.45, 2.75) is 30.7 Å². The molecule has 0 fully saturated rings. The lowest BCUT2D eigenvalue weighted by atomic mass is 9.87. The number of fused-ring (bicyclic) bond motifs is 4. The highest BCUT2D eigenvalue weighted by molar-refractivity contribution is 7.90. The SMILES string of the molecule is CN(C)C(=O)[C@H]1CCc2c(sc3ncnc(Nc4cc5c(cc4S(C)(=O)=O)CN=C5)c23)C1. The molecule has 1 amide bonds. The summed E-state index contributed by atoms with van der Waals surface area (Å²) < 4.78 is 25.0. The van der Waals surface area contributed by atoms with Gasteiger partial charge in [0, 0.05) is 37.4 Å². The first kappa shape index (κ1) is 21.0. The van der Waals surface area contributed by atoms with Crippen molar-refractivity contribution >= 4 is 55.0 Å². The summed E-state index contributed by atoms with van der Waals surface area (Å²) in [5.74, 6) is 0.711. The van der Waals surface area contributed by atoms with Gasteiger partial charge in [0.15, 0.2) is 9.84 Å². The van der Waals surface area contributed by atoms with Gasteiger partial charge in [-0.1, -0.05) is 0 Å². The van der Waals surface area contributed by atoms with Gasteiger partial charge < -0.3 is 10.2 Å². The zero-order chi connectivity index (χ0) is 22.6. The summed E-state index contributed by atoms with van der Waals surface area (Å²) in [5, 5.41) is 4.19. The number of hydrogen-bond donors (Lipinski definition) is 1. The molecule has 1 atom stereocenters. The maximum Gasteiger partial charge on any atom is 0.225 e. The van der Waals surface area contributed by atoms with Crippen molar-refractivity contribution in [1.29, 1.82) is 0 Å². The van der Waals surface area contributed by atoms with Crippen LogP contribution >= 0.6 is 11.3 Å². The second-order valence-corrected chi connectivity index (χ2v) is 11.6. The monoisotopic (exact) mass is 469 g/mol. The topological polar surface area (TPSA) is 105 Å². The van der Waals surface area contributed by atoms with Crippen molar-refractivity contribution in [3.8, 4) is 0 Å². The summed E-state index contributed by atoms with van der Waals surface area (Å²) in [4.78, 5) is 29.5. The molecule has 3 heterocycles. The molecule has 1 aromatic carbocycles. The maximum absolute atomic E-state index is 12.5. The van der Waals surface area contributed by atoms with Crippen LogP contribution < -0.4 is 5.32 Å². The molecule has 32 heavy (non-hydrogen) atoms. The Balaban J connectivity index is 1.58. The highest BCUT2D eigenvalue weighted by Crippen LogP contribution is 2.41. The van der Waals surface area contributed by atoms with Gasteiger partial charge in [0.2, 0.25) is 5.91 Å². The van der Waals surface area contributed by atoms with Crippen molar-refractivity contribution in [1.82, 2.24) is 14.9 Å². The summed E-state index contributed by atoms with van der Waals surface area (Å²) in [6.07, 6.45) is 6.68. The van der Waals surface area contributed by atoms with E-state index in [-0.39, 0.29) is 16.7 Å². The number of aliphatic imine (C=N–C) groups is 1. The first-order chi connectivity index (χ1) is 15.2. The van der Waals surface area contributed by atoms with Gasteiger partial charge in [0.25, 0.3) is 0 Å². The average Bonchev–Trinajstić information content (AvgIpc) is 3.35.